The van der Waals surface area contributed by atoms with E-state index >= 15 is 0 Å². The summed E-state index contributed by atoms with van der Waals surface area (Å²) in [7, 11) is 0. The van der Waals surface area contributed by atoms with E-state index in [2.05, 4.69) is 0 Å². The molecule has 1 unspecified atom stereocenters. The number of carbonyl (C=O) groups is 1. The maximum absolute atomic E-state index is 12.2. The summed E-state index contributed by atoms with van der Waals surface area (Å²) >= 11 is 0. The average Bonchev–Trinajstić information content (AvgIpc) is 2.60. The second-order valence-corrected chi connectivity index (χ2v) is 4.87. The Bertz CT molecular complexity index is 835. The molecule has 2 rings (SSSR count). The Labute approximate surface area is 141 Å². The van der Waals surface area contributed by atoms with Gasteiger partial charge in [-0.15, -0.1) is 0 Å². The lowest BCUT2D eigenvalue weighted by Crippen LogP contribution is -2.30. The zero-order valence-corrected chi connectivity index (χ0v) is 12.7. The highest BCUT2D eigenvalue weighted by Gasteiger charge is 2.26. The number of para-hydroxylation sites is 3. The Morgan fingerprint density at radius 1 is 1.00 bits per heavy atom. The summed E-state index contributed by atoms with van der Waals surface area (Å²) in [6.07, 6.45) is -0.811. The summed E-state index contributed by atoms with van der Waals surface area (Å²) in [5, 5.41) is 21.9. The van der Waals surface area contributed by atoms with Crippen molar-refractivity contribution in [2.45, 2.75) is 12.5 Å². The second kappa shape index (κ2) is 7.77. The molecule has 0 aliphatic heterocycles. The van der Waals surface area contributed by atoms with Crippen molar-refractivity contribution in [1.82, 2.24) is 0 Å². The summed E-state index contributed by atoms with van der Waals surface area (Å²) in [5.41, 5.74) is -0.587. The molecule has 0 saturated carbocycles. The van der Waals surface area contributed by atoms with Crippen LogP contribution in [0.15, 0.2) is 48.5 Å². The summed E-state index contributed by atoms with van der Waals surface area (Å²) in [6.45, 7) is 0. The summed E-state index contributed by atoms with van der Waals surface area (Å²) in [6, 6.07) is 10.8. The molecule has 127 valence electrons. The van der Waals surface area contributed by atoms with Gasteiger partial charge in [-0.1, -0.05) is 30.3 Å². The Kier molecular flexibility index (Phi) is 5.51. The molecule has 1 atom stereocenters. The summed E-state index contributed by atoms with van der Waals surface area (Å²) in [4.78, 5) is 43.8. The monoisotopic (exact) mass is 343 g/mol. The van der Waals surface area contributed by atoms with Gasteiger partial charge in [0.2, 0.25) is 6.10 Å². The first-order chi connectivity index (χ1) is 11.9. The third-order valence-electron chi connectivity index (χ3n) is 3.26. The molecule has 25 heavy (non-hydrogen) atoms. The van der Waals surface area contributed by atoms with Crippen molar-refractivity contribution >= 4 is 23.4 Å². The number of carbonyl (C=O) groups excluding carboxylic acids is 2. The first kappa shape index (κ1) is 17.7. The van der Waals surface area contributed by atoms with Crippen LogP contribution >= 0.6 is 0 Å². The minimum absolute atomic E-state index is 0.101. The third-order valence-corrected chi connectivity index (χ3v) is 3.26. The van der Waals surface area contributed by atoms with Gasteiger partial charge in [0.05, 0.1) is 9.85 Å². The smallest absolute Gasteiger partial charge is 0.310 e. The third kappa shape index (κ3) is 4.22. The van der Waals surface area contributed by atoms with Gasteiger partial charge in [0.15, 0.2) is 11.5 Å². The van der Waals surface area contributed by atoms with E-state index in [4.69, 9.17) is 4.74 Å². The number of ketones is 1. The van der Waals surface area contributed by atoms with Gasteiger partial charge < -0.3 is 4.74 Å². The number of nitro benzene ring substituents is 2. The van der Waals surface area contributed by atoms with Crippen LogP contribution in [0.3, 0.4) is 0 Å². The van der Waals surface area contributed by atoms with Crippen LogP contribution in [0.1, 0.15) is 5.56 Å². The van der Waals surface area contributed by atoms with E-state index in [0.717, 1.165) is 6.07 Å². The zero-order valence-electron chi connectivity index (χ0n) is 12.7. The van der Waals surface area contributed by atoms with Crippen LogP contribution < -0.4 is 4.74 Å². The van der Waals surface area contributed by atoms with E-state index in [-0.39, 0.29) is 17.0 Å². The predicted molar refractivity (Wildman–Crippen MR) is 85.0 cm³/mol. The van der Waals surface area contributed by atoms with Gasteiger partial charge in [-0.05, 0) is 6.07 Å². The highest BCUT2D eigenvalue weighted by atomic mass is 16.6. The molecule has 0 heterocycles. The summed E-state index contributed by atoms with van der Waals surface area (Å²) in [5.74, 6) is -1.07. The number of hydrogen-bond acceptors (Lipinski definition) is 7. The molecule has 0 N–H and O–H groups in total. The highest BCUT2D eigenvalue weighted by molar-refractivity contribution is 5.98. The average molecular weight is 343 g/mol. The van der Waals surface area contributed by atoms with Crippen LogP contribution in [0.2, 0.25) is 0 Å². The maximum Gasteiger partial charge on any atom is 0.310 e. The minimum Gasteiger partial charge on any atom is -0.467 e. The summed E-state index contributed by atoms with van der Waals surface area (Å²) < 4.78 is 5.11. The molecule has 1 radical (unpaired) electrons. The molecule has 0 bridgehead atoms. The van der Waals surface area contributed by atoms with Crippen molar-refractivity contribution in [1.29, 1.82) is 0 Å². The van der Waals surface area contributed by atoms with Gasteiger partial charge in [-0.3, -0.25) is 29.8 Å². The van der Waals surface area contributed by atoms with Crippen molar-refractivity contribution in [3.05, 3.63) is 74.3 Å². The minimum atomic E-state index is -1.74. The fraction of sp³-hybridized carbons (Fsp3) is 0.125. The molecule has 0 amide bonds. The maximum atomic E-state index is 12.2. The Morgan fingerprint density at radius 2 is 1.56 bits per heavy atom. The van der Waals surface area contributed by atoms with Crippen LogP contribution in [-0.2, 0) is 16.0 Å². The van der Waals surface area contributed by atoms with Crippen LogP contribution in [0, 0.1) is 20.2 Å². The van der Waals surface area contributed by atoms with E-state index in [0.29, 0.717) is 0 Å². The van der Waals surface area contributed by atoms with Gasteiger partial charge >= 0.3 is 5.69 Å². The first-order valence-corrected chi connectivity index (χ1v) is 6.96. The van der Waals surface area contributed by atoms with E-state index in [1.807, 2.05) is 0 Å². The zero-order chi connectivity index (χ0) is 18.4. The highest BCUT2D eigenvalue weighted by Crippen LogP contribution is 2.27. The molecule has 0 aliphatic carbocycles. The van der Waals surface area contributed by atoms with Gasteiger partial charge in [0.1, 0.15) is 0 Å². The number of hydrogen-bond donors (Lipinski definition) is 0. The molecule has 0 saturated heterocycles. The van der Waals surface area contributed by atoms with E-state index < -0.39 is 33.8 Å². The van der Waals surface area contributed by atoms with Gasteiger partial charge in [0.25, 0.3) is 12.0 Å². The quantitative estimate of drug-likeness (QED) is 0.408. The number of nitro groups is 2. The van der Waals surface area contributed by atoms with Crippen LogP contribution in [-0.4, -0.2) is 28.0 Å². The van der Waals surface area contributed by atoms with Gasteiger partial charge in [0, 0.05) is 24.1 Å². The van der Waals surface area contributed by atoms with Crippen molar-refractivity contribution in [2.75, 3.05) is 0 Å². The number of Topliss-reactive ketones (excluding diaryl/α,β-unsaturated/α-hetero) is 1. The lowest BCUT2D eigenvalue weighted by atomic mass is 10.0. The number of ether oxygens (including phenoxy) is 1. The predicted octanol–water partition coefficient (Wildman–Crippen LogP) is 2.17. The Morgan fingerprint density at radius 3 is 2.16 bits per heavy atom. The van der Waals surface area contributed by atoms with Crippen molar-refractivity contribution < 1.29 is 24.2 Å². The van der Waals surface area contributed by atoms with Crippen molar-refractivity contribution in [3.8, 4) is 5.75 Å². The Balaban J connectivity index is 2.22. The molecular formula is C16H11N2O7. The molecule has 0 aliphatic rings. The second-order valence-electron chi connectivity index (χ2n) is 4.87. The normalized spacial score (nSPS) is 11.4. The molecule has 9 nitrogen and oxygen atoms in total. The molecule has 2 aromatic rings. The lowest BCUT2D eigenvalue weighted by Gasteiger charge is -2.12. The molecule has 9 heteroatoms. The lowest BCUT2D eigenvalue weighted by molar-refractivity contribution is -0.386. The SMILES string of the molecule is O=[C]C(Oc1ccccc1[N+](=O)[O-])C(=O)Cc1ccccc1[N+](=O)[O-]. The molecular weight excluding hydrogens is 332 g/mol. The standard InChI is InChI=1S/C16H11N2O7/c19-10-16(25-15-8-4-3-7-13(15)18(23)24)14(20)9-11-5-1-2-6-12(11)17(21)22/h1-8,16H,9H2. The molecule has 0 fully saturated rings. The fourth-order valence-electron chi connectivity index (χ4n) is 2.11. The molecule has 0 spiro atoms. The fourth-order valence-corrected chi connectivity index (χ4v) is 2.11. The number of rotatable bonds is 8. The van der Waals surface area contributed by atoms with E-state index in [9.17, 15) is 29.8 Å². The number of benzene rings is 2. The van der Waals surface area contributed by atoms with Crippen LogP contribution in [0.5, 0.6) is 5.75 Å². The van der Waals surface area contributed by atoms with E-state index in [1.165, 1.54) is 48.8 Å². The van der Waals surface area contributed by atoms with Crippen LogP contribution in [0.4, 0.5) is 11.4 Å². The van der Waals surface area contributed by atoms with Gasteiger partial charge in [-0.25, -0.2) is 0 Å². The van der Waals surface area contributed by atoms with Crippen molar-refractivity contribution in [3.63, 3.8) is 0 Å². The Hall–Kier alpha value is -3.62. The van der Waals surface area contributed by atoms with Crippen molar-refractivity contribution in [2.24, 2.45) is 0 Å². The largest absolute Gasteiger partial charge is 0.467 e. The van der Waals surface area contributed by atoms with Gasteiger partial charge in [-0.2, -0.15) is 0 Å². The molecule has 0 aromatic heterocycles. The topological polar surface area (TPSA) is 130 Å². The van der Waals surface area contributed by atoms with E-state index in [1.54, 1.807) is 0 Å². The van der Waals surface area contributed by atoms with Crippen LogP contribution in [0.25, 0.3) is 0 Å². The molecule has 2 aromatic carbocycles. The number of nitrogens with zero attached hydrogens (tertiary/aromatic N) is 2. The first-order valence-electron chi connectivity index (χ1n) is 6.96.